The molecule has 0 bridgehead atoms. The van der Waals surface area contributed by atoms with Crippen molar-refractivity contribution < 1.29 is 9.47 Å². The van der Waals surface area contributed by atoms with Crippen molar-refractivity contribution in [3.63, 3.8) is 0 Å². The number of nitriles is 1. The van der Waals surface area contributed by atoms with Gasteiger partial charge in [-0.15, -0.1) is 0 Å². The molecule has 0 aliphatic rings. The van der Waals surface area contributed by atoms with Gasteiger partial charge in [-0.3, -0.25) is 0 Å². The lowest BCUT2D eigenvalue weighted by molar-refractivity contribution is 0.269. The van der Waals surface area contributed by atoms with Gasteiger partial charge in [-0.2, -0.15) is 5.26 Å². The number of hydrogen-bond acceptors (Lipinski definition) is 4. The summed E-state index contributed by atoms with van der Waals surface area (Å²) in [5.41, 5.74) is 1.15. The Kier molecular flexibility index (Phi) is 4.35. The molecular formula is C15H14N2O2. The lowest BCUT2D eigenvalue weighted by atomic mass is 10.2. The Labute approximate surface area is 112 Å². The first-order chi connectivity index (χ1) is 9.35. The summed E-state index contributed by atoms with van der Waals surface area (Å²) in [5.74, 6) is 1.37. The fraction of sp³-hybridized carbons (Fsp3) is 0.200. The molecule has 0 N–H and O–H groups in total. The number of aromatic nitrogens is 1. The maximum Gasteiger partial charge on any atom is 0.161 e. The van der Waals surface area contributed by atoms with Crippen molar-refractivity contribution in [3.05, 3.63) is 53.9 Å². The molecule has 96 valence electrons. The van der Waals surface area contributed by atoms with Crippen LogP contribution in [0.5, 0.6) is 11.5 Å². The molecule has 0 aliphatic carbocycles. The van der Waals surface area contributed by atoms with E-state index >= 15 is 0 Å². The highest BCUT2D eigenvalue weighted by atomic mass is 16.5. The number of para-hydroxylation sites is 2. The molecule has 19 heavy (non-hydrogen) atoms. The monoisotopic (exact) mass is 254 g/mol. The molecule has 0 saturated heterocycles. The summed E-state index contributed by atoms with van der Waals surface area (Å²) in [4.78, 5) is 4.00. The molecule has 1 aromatic carbocycles. The predicted molar refractivity (Wildman–Crippen MR) is 70.9 cm³/mol. The molecule has 0 fully saturated rings. The van der Waals surface area contributed by atoms with E-state index < -0.39 is 0 Å². The van der Waals surface area contributed by atoms with Crippen molar-refractivity contribution >= 4 is 0 Å². The maximum atomic E-state index is 8.96. The largest absolute Gasteiger partial charge is 0.490 e. The molecular weight excluding hydrogens is 240 g/mol. The van der Waals surface area contributed by atoms with Crippen molar-refractivity contribution in [1.82, 2.24) is 4.98 Å². The third-order valence-corrected chi connectivity index (χ3v) is 2.53. The minimum atomic E-state index is 0.292. The van der Waals surface area contributed by atoms with Crippen molar-refractivity contribution in [2.45, 2.75) is 13.5 Å². The first-order valence-electron chi connectivity index (χ1n) is 6.03. The van der Waals surface area contributed by atoms with E-state index in [1.807, 2.05) is 43.3 Å². The third-order valence-electron chi connectivity index (χ3n) is 2.53. The number of hydrogen-bond donors (Lipinski definition) is 0. The summed E-state index contributed by atoms with van der Waals surface area (Å²) in [6, 6.07) is 13.1. The summed E-state index contributed by atoms with van der Waals surface area (Å²) in [6.45, 7) is 2.79. The van der Waals surface area contributed by atoms with Crippen LogP contribution in [-0.4, -0.2) is 11.6 Å². The second-order valence-electron chi connectivity index (χ2n) is 3.79. The number of ether oxygens (including phenoxy) is 2. The zero-order valence-corrected chi connectivity index (χ0v) is 10.7. The van der Waals surface area contributed by atoms with Crippen molar-refractivity contribution in [3.8, 4) is 17.6 Å². The quantitative estimate of drug-likeness (QED) is 0.823. The standard InChI is InChI=1S/C15H14N2O2/c1-2-18-14-7-3-4-8-15(14)19-11-12-6-5-9-17-13(12)10-16/h3-9H,2,11H2,1H3. The zero-order valence-electron chi connectivity index (χ0n) is 10.7. The van der Waals surface area contributed by atoms with Crippen LogP contribution in [0.25, 0.3) is 0 Å². The molecule has 0 spiro atoms. The van der Waals surface area contributed by atoms with Crippen molar-refractivity contribution in [2.75, 3.05) is 6.61 Å². The second-order valence-corrected chi connectivity index (χ2v) is 3.79. The maximum absolute atomic E-state index is 8.96. The van der Waals surface area contributed by atoms with Gasteiger partial charge >= 0.3 is 0 Å². The fourth-order valence-corrected chi connectivity index (χ4v) is 1.66. The number of pyridine rings is 1. The first kappa shape index (κ1) is 12.9. The van der Waals surface area contributed by atoms with Crippen LogP contribution in [0.3, 0.4) is 0 Å². The molecule has 1 heterocycles. The van der Waals surface area contributed by atoms with E-state index in [0.717, 1.165) is 5.56 Å². The van der Waals surface area contributed by atoms with Gasteiger partial charge in [0.1, 0.15) is 18.4 Å². The Balaban J connectivity index is 2.13. The minimum Gasteiger partial charge on any atom is -0.490 e. The van der Waals surface area contributed by atoms with Crippen LogP contribution in [0, 0.1) is 11.3 Å². The van der Waals surface area contributed by atoms with Crippen LogP contribution in [0.4, 0.5) is 0 Å². The molecule has 2 rings (SSSR count). The van der Waals surface area contributed by atoms with E-state index in [2.05, 4.69) is 4.98 Å². The Morgan fingerprint density at radius 3 is 2.53 bits per heavy atom. The van der Waals surface area contributed by atoms with Gasteiger partial charge in [0, 0.05) is 11.8 Å². The van der Waals surface area contributed by atoms with Crippen molar-refractivity contribution in [1.29, 1.82) is 5.26 Å². The molecule has 1 aromatic heterocycles. The van der Waals surface area contributed by atoms with E-state index in [-0.39, 0.29) is 0 Å². The van der Waals surface area contributed by atoms with E-state index in [1.165, 1.54) is 0 Å². The van der Waals surface area contributed by atoms with Gasteiger partial charge in [0.2, 0.25) is 0 Å². The van der Waals surface area contributed by atoms with Gasteiger partial charge in [0.05, 0.1) is 6.61 Å². The Hall–Kier alpha value is -2.54. The number of nitrogens with zero attached hydrogens (tertiary/aromatic N) is 2. The summed E-state index contributed by atoms with van der Waals surface area (Å²) < 4.78 is 11.2. The second kappa shape index (κ2) is 6.41. The van der Waals surface area contributed by atoms with Gasteiger partial charge in [-0.1, -0.05) is 18.2 Å². The van der Waals surface area contributed by atoms with Crippen LogP contribution in [-0.2, 0) is 6.61 Å². The summed E-state index contributed by atoms with van der Waals surface area (Å²) in [5, 5.41) is 8.96. The average Bonchev–Trinajstić information content (AvgIpc) is 2.47. The van der Waals surface area contributed by atoms with Crippen molar-refractivity contribution in [2.24, 2.45) is 0 Å². The van der Waals surface area contributed by atoms with Gasteiger partial charge in [0.25, 0.3) is 0 Å². The minimum absolute atomic E-state index is 0.292. The van der Waals surface area contributed by atoms with Crippen LogP contribution in [0.1, 0.15) is 18.2 Å². The molecule has 0 aliphatic heterocycles. The Morgan fingerprint density at radius 1 is 1.11 bits per heavy atom. The lowest BCUT2D eigenvalue weighted by Gasteiger charge is -2.11. The van der Waals surface area contributed by atoms with Crippen LogP contribution in [0.15, 0.2) is 42.6 Å². The molecule has 4 heteroatoms. The normalized spacial score (nSPS) is 9.68. The van der Waals surface area contributed by atoms with Crippen LogP contribution < -0.4 is 9.47 Å². The summed E-state index contributed by atoms with van der Waals surface area (Å²) in [7, 11) is 0. The number of benzene rings is 1. The van der Waals surface area contributed by atoms with Gasteiger partial charge < -0.3 is 9.47 Å². The lowest BCUT2D eigenvalue weighted by Crippen LogP contribution is -2.02. The summed E-state index contributed by atoms with van der Waals surface area (Å²) in [6.07, 6.45) is 1.59. The smallest absolute Gasteiger partial charge is 0.161 e. The topological polar surface area (TPSA) is 55.1 Å². The average molecular weight is 254 g/mol. The molecule has 0 unspecified atom stereocenters. The van der Waals surface area contributed by atoms with Gasteiger partial charge in [-0.25, -0.2) is 4.98 Å². The van der Waals surface area contributed by atoms with E-state index in [4.69, 9.17) is 14.7 Å². The summed E-state index contributed by atoms with van der Waals surface area (Å²) >= 11 is 0. The molecule has 0 amide bonds. The van der Waals surface area contributed by atoms with Crippen LogP contribution in [0.2, 0.25) is 0 Å². The van der Waals surface area contributed by atoms with Gasteiger partial charge in [0.15, 0.2) is 11.5 Å². The SMILES string of the molecule is CCOc1ccccc1OCc1cccnc1C#N. The highest BCUT2D eigenvalue weighted by Gasteiger charge is 2.06. The highest BCUT2D eigenvalue weighted by Crippen LogP contribution is 2.27. The third kappa shape index (κ3) is 3.23. The molecule has 0 atom stereocenters. The fourth-order valence-electron chi connectivity index (χ4n) is 1.66. The Morgan fingerprint density at radius 2 is 1.84 bits per heavy atom. The number of rotatable bonds is 5. The molecule has 2 aromatic rings. The van der Waals surface area contributed by atoms with E-state index in [1.54, 1.807) is 12.3 Å². The van der Waals surface area contributed by atoms with E-state index in [0.29, 0.717) is 30.4 Å². The highest BCUT2D eigenvalue weighted by molar-refractivity contribution is 5.40. The molecule has 0 saturated carbocycles. The zero-order chi connectivity index (χ0) is 13.5. The first-order valence-corrected chi connectivity index (χ1v) is 6.03. The van der Waals surface area contributed by atoms with Gasteiger partial charge in [-0.05, 0) is 25.1 Å². The Bertz CT molecular complexity index is 591. The molecule has 4 nitrogen and oxygen atoms in total. The van der Waals surface area contributed by atoms with Crippen LogP contribution >= 0.6 is 0 Å². The molecule has 0 radical (unpaired) electrons. The predicted octanol–water partition coefficient (Wildman–Crippen LogP) is 2.93. The van der Waals surface area contributed by atoms with E-state index in [9.17, 15) is 0 Å².